The lowest BCUT2D eigenvalue weighted by Gasteiger charge is -2.20. The van der Waals surface area contributed by atoms with Crippen molar-refractivity contribution >= 4 is 21.4 Å². The third-order valence-corrected chi connectivity index (χ3v) is 5.61. The highest BCUT2D eigenvalue weighted by Crippen LogP contribution is 2.20. The van der Waals surface area contributed by atoms with Gasteiger partial charge in [0, 0.05) is 23.6 Å². The van der Waals surface area contributed by atoms with Gasteiger partial charge in [-0.05, 0) is 43.2 Å². The minimum absolute atomic E-state index is 0.108. The predicted octanol–water partition coefficient (Wildman–Crippen LogP) is 1.41. The fraction of sp³-hybridized carbons (Fsp3) is 0.235. The number of benzene rings is 1. The van der Waals surface area contributed by atoms with Crippen LogP contribution in [0.1, 0.15) is 6.42 Å². The van der Waals surface area contributed by atoms with Crippen LogP contribution in [-0.2, 0) is 14.6 Å². The van der Waals surface area contributed by atoms with Crippen molar-refractivity contribution in [1.82, 2.24) is 4.57 Å². The fourth-order valence-corrected chi connectivity index (χ4v) is 4.13. The van der Waals surface area contributed by atoms with Crippen LogP contribution < -0.4 is 10.9 Å². The molecule has 24 heavy (non-hydrogen) atoms. The fourth-order valence-electron chi connectivity index (χ4n) is 2.64. The molecule has 1 aliphatic heterocycles. The maximum absolute atomic E-state index is 12.2. The van der Waals surface area contributed by atoms with Crippen molar-refractivity contribution in [2.75, 3.05) is 16.8 Å². The molecule has 7 heteroatoms. The zero-order valence-corrected chi connectivity index (χ0v) is 13.7. The van der Waals surface area contributed by atoms with E-state index in [-0.39, 0.29) is 23.0 Å². The first-order chi connectivity index (χ1) is 11.4. The highest BCUT2D eigenvalue weighted by atomic mass is 32.2. The van der Waals surface area contributed by atoms with Crippen molar-refractivity contribution in [3.05, 3.63) is 65.4 Å². The van der Waals surface area contributed by atoms with Crippen LogP contribution in [0.2, 0.25) is 0 Å². The van der Waals surface area contributed by atoms with E-state index >= 15 is 0 Å². The molecule has 1 aliphatic rings. The SMILES string of the molecule is O=C(Nc1ccc(-n2ccccc2=O)cc1)C1[CH]CCS(=O)(=O)C1. The smallest absolute Gasteiger partial charge is 0.255 e. The maximum Gasteiger partial charge on any atom is 0.255 e. The number of rotatable bonds is 3. The number of pyridine rings is 1. The lowest BCUT2D eigenvalue weighted by Crippen LogP contribution is -2.34. The van der Waals surface area contributed by atoms with E-state index < -0.39 is 15.8 Å². The molecule has 1 radical (unpaired) electrons. The second kappa shape index (κ2) is 6.60. The van der Waals surface area contributed by atoms with Gasteiger partial charge in [0.1, 0.15) is 0 Å². The average Bonchev–Trinajstić information content (AvgIpc) is 2.55. The Morgan fingerprint density at radius 2 is 1.88 bits per heavy atom. The number of nitrogens with zero attached hydrogens (tertiary/aromatic N) is 1. The minimum atomic E-state index is -3.15. The van der Waals surface area contributed by atoms with Crippen LogP contribution in [0.15, 0.2) is 53.5 Å². The van der Waals surface area contributed by atoms with E-state index in [0.717, 1.165) is 0 Å². The summed E-state index contributed by atoms with van der Waals surface area (Å²) in [5.41, 5.74) is 1.10. The summed E-state index contributed by atoms with van der Waals surface area (Å²) in [4.78, 5) is 24.0. The number of nitrogens with one attached hydrogen (secondary N) is 1. The van der Waals surface area contributed by atoms with Crippen LogP contribution in [0.25, 0.3) is 5.69 Å². The molecular formula is C17H17N2O4S. The zero-order valence-electron chi connectivity index (χ0n) is 12.9. The molecule has 1 aromatic heterocycles. The Bertz CT molecular complexity index is 901. The third kappa shape index (κ3) is 3.73. The molecule has 0 spiro atoms. The quantitative estimate of drug-likeness (QED) is 0.911. The topological polar surface area (TPSA) is 85.2 Å². The van der Waals surface area contributed by atoms with Gasteiger partial charge in [-0.1, -0.05) is 6.07 Å². The second-order valence-electron chi connectivity index (χ2n) is 5.69. The van der Waals surface area contributed by atoms with Crippen LogP contribution >= 0.6 is 0 Å². The average molecular weight is 345 g/mol. The Kier molecular flexibility index (Phi) is 4.53. The molecule has 1 N–H and O–H groups in total. The predicted molar refractivity (Wildman–Crippen MR) is 91.7 cm³/mol. The summed E-state index contributed by atoms with van der Waals surface area (Å²) in [6.45, 7) is 0. The highest BCUT2D eigenvalue weighted by molar-refractivity contribution is 7.91. The van der Waals surface area contributed by atoms with Crippen molar-refractivity contribution in [1.29, 1.82) is 0 Å². The van der Waals surface area contributed by atoms with E-state index in [2.05, 4.69) is 5.32 Å². The number of sulfone groups is 1. The summed E-state index contributed by atoms with van der Waals surface area (Å²) >= 11 is 0. The summed E-state index contributed by atoms with van der Waals surface area (Å²) in [6, 6.07) is 11.7. The molecule has 0 saturated carbocycles. The molecule has 1 aromatic carbocycles. The molecule has 1 fully saturated rings. The molecule has 0 aliphatic carbocycles. The number of anilines is 1. The van der Waals surface area contributed by atoms with Gasteiger partial charge in [-0.15, -0.1) is 0 Å². The van der Waals surface area contributed by atoms with Gasteiger partial charge in [0.15, 0.2) is 9.84 Å². The van der Waals surface area contributed by atoms with Gasteiger partial charge in [0.25, 0.3) is 5.56 Å². The molecule has 1 unspecified atom stereocenters. The first kappa shape index (κ1) is 16.4. The van der Waals surface area contributed by atoms with Crippen molar-refractivity contribution in [3.8, 4) is 5.69 Å². The van der Waals surface area contributed by atoms with Gasteiger partial charge in [-0.3, -0.25) is 14.2 Å². The highest BCUT2D eigenvalue weighted by Gasteiger charge is 2.30. The number of carbonyl (C=O) groups excluding carboxylic acids is 1. The van der Waals surface area contributed by atoms with Gasteiger partial charge >= 0.3 is 0 Å². The van der Waals surface area contributed by atoms with Crippen LogP contribution in [0.5, 0.6) is 0 Å². The Morgan fingerprint density at radius 1 is 1.12 bits per heavy atom. The van der Waals surface area contributed by atoms with E-state index in [1.165, 1.54) is 10.6 Å². The molecule has 2 aromatic rings. The Morgan fingerprint density at radius 3 is 2.54 bits per heavy atom. The van der Waals surface area contributed by atoms with Crippen molar-refractivity contribution in [2.45, 2.75) is 6.42 Å². The van der Waals surface area contributed by atoms with E-state index in [4.69, 9.17) is 0 Å². The molecule has 6 nitrogen and oxygen atoms in total. The molecule has 1 saturated heterocycles. The van der Waals surface area contributed by atoms with Gasteiger partial charge < -0.3 is 5.32 Å². The summed E-state index contributed by atoms with van der Waals surface area (Å²) < 4.78 is 24.7. The lowest BCUT2D eigenvalue weighted by atomic mass is 10.0. The minimum Gasteiger partial charge on any atom is -0.326 e. The number of carbonyl (C=O) groups is 1. The Balaban J connectivity index is 1.71. The normalized spacial score (nSPS) is 19.6. The number of hydrogen-bond acceptors (Lipinski definition) is 4. The van der Waals surface area contributed by atoms with Crippen LogP contribution in [0.4, 0.5) is 5.69 Å². The molecule has 3 rings (SSSR count). The van der Waals surface area contributed by atoms with Crippen LogP contribution in [0, 0.1) is 12.3 Å². The van der Waals surface area contributed by atoms with Crippen molar-refractivity contribution in [2.24, 2.45) is 5.92 Å². The van der Waals surface area contributed by atoms with Crippen molar-refractivity contribution in [3.63, 3.8) is 0 Å². The van der Waals surface area contributed by atoms with Crippen LogP contribution in [0.3, 0.4) is 0 Å². The van der Waals surface area contributed by atoms with E-state index in [0.29, 0.717) is 17.8 Å². The number of amides is 1. The molecular weight excluding hydrogens is 328 g/mol. The first-order valence-electron chi connectivity index (χ1n) is 7.57. The largest absolute Gasteiger partial charge is 0.326 e. The Hall–Kier alpha value is -2.41. The standard InChI is InChI=1S/C17H17N2O4S/c20-16-5-1-2-10-19(16)15-8-6-14(7-9-15)18-17(21)13-4-3-11-24(22,23)12-13/h1-2,4-10,13H,3,11-12H2,(H,18,21). The van der Waals surface area contributed by atoms with E-state index in [9.17, 15) is 18.0 Å². The number of aromatic nitrogens is 1. The lowest BCUT2D eigenvalue weighted by molar-refractivity contribution is -0.118. The van der Waals surface area contributed by atoms with Crippen molar-refractivity contribution < 1.29 is 13.2 Å². The third-order valence-electron chi connectivity index (χ3n) is 3.89. The summed E-state index contributed by atoms with van der Waals surface area (Å²) in [6.07, 6.45) is 3.81. The second-order valence-corrected chi connectivity index (χ2v) is 7.92. The monoisotopic (exact) mass is 345 g/mol. The zero-order chi connectivity index (χ0) is 17.2. The van der Waals surface area contributed by atoms with Gasteiger partial charge in [-0.2, -0.15) is 0 Å². The Labute approximate surface area is 140 Å². The maximum atomic E-state index is 12.2. The molecule has 0 bridgehead atoms. The molecule has 1 atom stereocenters. The number of hydrogen-bond donors (Lipinski definition) is 1. The van der Waals surface area contributed by atoms with Gasteiger partial charge in [0.05, 0.1) is 17.4 Å². The molecule has 2 heterocycles. The summed E-state index contributed by atoms with van der Waals surface area (Å²) in [5, 5.41) is 2.72. The van der Waals surface area contributed by atoms with E-state index in [1.807, 2.05) is 0 Å². The summed E-state index contributed by atoms with van der Waals surface area (Å²) in [5.74, 6) is -0.990. The van der Waals surface area contributed by atoms with E-state index in [1.54, 1.807) is 49.0 Å². The first-order valence-corrected chi connectivity index (χ1v) is 9.39. The molecule has 125 valence electrons. The van der Waals surface area contributed by atoms with Gasteiger partial charge in [-0.25, -0.2) is 8.42 Å². The van der Waals surface area contributed by atoms with Gasteiger partial charge in [0.2, 0.25) is 5.91 Å². The summed E-state index contributed by atoms with van der Waals surface area (Å²) in [7, 11) is -3.15. The van der Waals surface area contributed by atoms with Crippen LogP contribution in [-0.4, -0.2) is 30.4 Å². The molecule has 1 amide bonds.